The van der Waals surface area contributed by atoms with Crippen molar-refractivity contribution in [1.82, 2.24) is 28.8 Å². The molecule has 0 saturated heterocycles. The zero-order valence-corrected chi connectivity index (χ0v) is 12.6. The van der Waals surface area contributed by atoms with Gasteiger partial charge in [-0.25, -0.2) is 9.78 Å². The van der Waals surface area contributed by atoms with E-state index >= 15 is 0 Å². The van der Waals surface area contributed by atoms with Gasteiger partial charge in [-0.15, -0.1) is 0 Å². The first-order valence-electron chi connectivity index (χ1n) is 6.95. The third-order valence-electron chi connectivity index (χ3n) is 3.51. The van der Waals surface area contributed by atoms with E-state index < -0.39 is 11.2 Å². The minimum Gasteiger partial charge on any atom is -0.337 e. The molecule has 0 unspecified atom stereocenters. The van der Waals surface area contributed by atoms with Crippen LogP contribution in [0.25, 0.3) is 11.2 Å². The number of fused-ring (bicyclic) bond motifs is 1. The van der Waals surface area contributed by atoms with Gasteiger partial charge in [-0.05, 0) is 6.42 Å². The van der Waals surface area contributed by atoms with Crippen molar-refractivity contribution in [3.05, 3.63) is 38.9 Å². The molecule has 0 aliphatic carbocycles. The van der Waals surface area contributed by atoms with Gasteiger partial charge >= 0.3 is 5.69 Å². The Labute approximate surface area is 124 Å². The van der Waals surface area contributed by atoms with E-state index in [1.165, 1.54) is 17.9 Å². The highest BCUT2D eigenvalue weighted by molar-refractivity contribution is 5.70. The highest BCUT2D eigenvalue weighted by Crippen LogP contribution is 2.09. The number of hydrogen-bond acceptors (Lipinski definition) is 6. The van der Waals surface area contributed by atoms with Crippen LogP contribution in [0.15, 0.2) is 20.4 Å². The molecule has 0 aliphatic rings. The monoisotopic (exact) mass is 304 g/mol. The SMILES string of the molecule is CCCc1noc(Cn2cnc3c2c(=O)n(C)c(=O)n3C)n1. The zero-order chi connectivity index (χ0) is 15.9. The van der Waals surface area contributed by atoms with E-state index in [0.717, 1.165) is 17.4 Å². The summed E-state index contributed by atoms with van der Waals surface area (Å²) in [5, 5.41) is 3.88. The highest BCUT2D eigenvalue weighted by atomic mass is 16.5. The lowest BCUT2D eigenvalue weighted by Gasteiger charge is -2.04. The van der Waals surface area contributed by atoms with Crippen molar-refractivity contribution in [1.29, 1.82) is 0 Å². The normalized spacial score (nSPS) is 11.4. The van der Waals surface area contributed by atoms with Gasteiger partial charge < -0.3 is 9.09 Å². The van der Waals surface area contributed by atoms with Crippen molar-refractivity contribution in [2.75, 3.05) is 0 Å². The molecule has 0 fully saturated rings. The molecule has 3 rings (SSSR count). The number of aryl methyl sites for hydroxylation is 2. The molecular formula is C13H16N6O3. The zero-order valence-electron chi connectivity index (χ0n) is 12.6. The van der Waals surface area contributed by atoms with Crippen molar-refractivity contribution in [2.24, 2.45) is 14.1 Å². The van der Waals surface area contributed by atoms with E-state index in [1.54, 1.807) is 11.6 Å². The van der Waals surface area contributed by atoms with Gasteiger partial charge in [0.1, 0.15) is 6.54 Å². The number of nitrogens with zero attached hydrogens (tertiary/aromatic N) is 6. The van der Waals surface area contributed by atoms with Gasteiger partial charge in [0.25, 0.3) is 5.56 Å². The fourth-order valence-corrected chi connectivity index (χ4v) is 2.34. The largest absolute Gasteiger partial charge is 0.337 e. The highest BCUT2D eigenvalue weighted by Gasteiger charge is 2.16. The van der Waals surface area contributed by atoms with Crippen molar-refractivity contribution < 1.29 is 4.52 Å². The standard InChI is InChI=1S/C13H16N6O3/c1-4-5-8-15-9(22-16-8)6-19-7-14-11-10(19)12(20)18(3)13(21)17(11)2/h7H,4-6H2,1-3H3. The first-order chi connectivity index (χ1) is 10.5. The summed E-state index contributed by atoms with van der Waals surface area (Å²) in [7, 11) is 3.01. The molecule has 3 aromatic heterocycles. The fraction of sp³-hybridized carbons (Fsp3) is 0.462. The Morgan fingerprint density at radius 2 is 2.00 bits per heavy atom. The first kappa shape index (κ1) is 14.2. The molecule has 0 spiro atoms. The van der Waals surface area contributed by atoms with Crippen molar-refractivity contribution in [3.63, 3.8) is 0 Å². The lowest BCUT2D eigenvalue weighted by molar-refractivity contribution is 0.367. The van der Waals surface area contributed by atoms with E-state index in [4.69, 9.17) is 4.52 Å². The molecule has 0 saturated carbocycles. The van der Waals surface area contributed by atoms with Crippen LogP contribution in [-0.2, 0) is 27.1 Å². The third-order valence-corrected chi connectivity index (χ3v) is 3.51. The number of rotatable bonds is 4. The molecule has 0 atom stereocenters. The molecule has 22 heavy (non-hydrogen) atoms. The van der Waals surface area contributed by atoms with E-state index in [9.17, 15) is 9.59 Å². The minimum absolute atomic E-state index is 0.237. The maximum Gasteiger partial charge on any atom is 0.332 e. The van der Waals surface area contributed by atoms with E-state index in [0.29, 0.717) is 22.9 Å². The first-order valence-corrected chi connectivity index (χ1v) is 6.95. The quantitative estimate of drug-likeness (QED) is 0.662. The molecule has 3 aromatic rings. The molecule has 0 radical (unpaired) electrons. The van der Waals surface area contributed by atoms with Gasteiger partial charge in [-0.2, -0.15) is 4.98 Å². The van der Waals surface area contributed by atoms with Crippen LogP contribution in [-0.4, -0.2) is 28.8 Å². The van der Waals surface area contributed by atoms with Crippen LogP contribution in [0.1, 0.15) is 25.1 Å². The molecule has 9 nitrogen and oxygen atoms in total. The van der Waals surface area contributed by atoms with Crippen LogP contribution in [0.3, 0.4) is 0 Å². The Morgan fingerprint density at radius 1 is 1.23 bits per heavy atom. The Balaban J connectivity index is 2.08. The lowest BCUT2D eigenvalue weighted by Crippen LogP contribution is -2.37. The van der Waals surface area contributed by atoms with Gasteiger partial charge in [0.2, 0.25) is 5.89 Å². The van der Waals surface area contributed by atoms with Gasteiger partial charge in [-0.1, -0.05) is 12.1 Å². The molecule has 3 heterocycles. The summed E-state index contributed by atoms with van der Waals surface area (Å²) >= 11 is 0. The number of hydrogen-bond donors (Lipinski definition) is 0. The molecule has 0 N–H and O–H groups in total. The third kappa shape index (κ3) is 2.14. The Hall–Kier alpha value is -2.71. The Kier molecular flexibility index (Phi) is 3.39. The molecule has 0 aromatic carbocycles. The smallest absolute Gasteiger partial charge is 0.332 e. The lowest BCUT2D eigenvalue weighted by atomic mass is 10.3. The second-order valence-electron chi connectivity index (χ2n) is 5.10. The topological polar surface area (TPSA) is 101 Å². The maximum absolute atomic E-state index is 12.3. The molecular weight excluding hydrogens is 288 g/mol. The van der Waals surface area contributed by atoms with E-state index in [2.05, 4.69) is 15.1 Å². The predicted molar refractivity (Wildman–Crippen MR) is 77.6 cm³/mol. The summed E-state index contributed by atoms with van der Waals surface area (Å²) in [5.41, 5.74) is -0.143. The van der Waals surface area contributed by atoms with Crippen LogP contribution in [0.4, 0.5) is 0 Å². The predicted octanol–water partition coefficient (Wildman–Crippen LogP) is -0.182. The second kappa shape index (κ2) is 5.24. The number of aromatic nitrogens is 6. The molecule has 9 heteroatoms. The second-order valence-corrected chi connectivity index (χ2v) is 5.10. The molecule has 116 valence electrons. The van der Waals surface area contributed by atoms with Crippen molar-refractivity contribution >= 4 is 11.2 Å². The molecule has 0 aliphatic heterocycles. The average Bonchev–Trinajstić information content (AvgIpc) is 3.11. The van der Waals surface area contributed by atoms with Gasteiger partial charge in [0, 0.05) is 20.5 Å². The molecule has 0 bridgehead atoms. The summed E-state index contributed by atoms with van der Waals surface area (Å²) in [6.45, 7) is 2.27. The van der Waals surface area contributed by atoms with Crippen molar-refractivity contribution in [2.45, 2.75) is 26.3 Å². The summed E-state index contributed by atoms with van der Waals surface area (Å²) in [6.07, 6.45) is 3.16. The van der Waals surface area contributed by atoms with E-state index in [-0.39, 0.29) is 6.54 Å². The summed E-state index contributed by atoms with van der Waals surface area (Å²) in [6, 6.07) is 0. The van der Waals surface area contributed by atoms with Crippen LogP contribution >= 0.6 is 0 Å². The maximum atomic E-state index is 12.3. The summed E-state index contributed by atoms with van der Waals surface area (Å²) < 4.78 is 9.18. The van der Waals surface area contributed by atoms with E-state index in [1.807, 2.05) is 6.92 Å². The van der Waals surface area contributed by atoms with Crippen LogP contribution < -0.4 is 11.2 Å². The van der Waals surface area contributed by atoms with Crippen LogP contribution in [0, 0.1) is 0 Å². The molecule has 0 amide bonds. The Morgan fingerprint density at radius 3 is 2.73 bits per heavy atom. The summed E-state index contributed by atoms with van der Waals surface area (Å²) in [4.78, 5) is 32.6. The van der Waals surface area contributed by atoms with Gasteiger partial charge in [-0.3, -0.25) is 13.9 Å². The number of imidazole rings is 1. The van der Waals surface area contributed by atoms with Crippen LogP contribution in [0.2, 0.25) is 0 Å². The van der Waals surface area contributed by atoms with Gasteiger partial charge in [0.15, 0.2) is 17.0 Å². The Bertz CT molecular complexity index is 945. The van der Waals surface area contributed by atoms with Crippen molar-refractivity contribution in [3.8, 4) is 0 Å². The minimum atomic E-state index is -0.411. The summed E-state index contributed by atoms with van der Waals surface area (Å²) in [5.74, 6) is 1.04. The van der Waals surface area contributed by atoms with Crippen LogP contribution in [0.5, 0.6) is 0 Å². The average molecular weight is 304 g/mol. The fourth-order valence-electron chi connectivity index (χ4n) is 2.34. The van der Waals surface area contributed by atoms with Gasteiger partial charge in [0.05, 0.1) is 6.33 Å².